The van der Waals surface area contributed by atoms with Crippen molar-refractivity contribution in [2.75, 3.05) is 25.6 Å². The van der Waals surface area contributed by atoms with Crippen LogP contribution in [0.5, 0.6) is 0 Å². The first kappa shape index (κ1) is 15.9. The third-order valence-corrected chi connectivity index (χ3v) is 2.67. The van der Waals surface area contributed by atoms with E-state index in [2.05, 4.69) is 29.1 Å². The lowest BCUT2D eigenvalue weighted by atomic mass is 10.2. The van der Waals surface area contributed by atoms with E-state index in [0.29, 0.717) is 13.2 Å². The van der Waals surface area contributed by atoms with Crippen LogP contribution >= 0.6 is 0 Å². The van der Waals surface area contributed by atoms with Crippen LogP contribution in [0.4, 0.5) is 5.82 Å². The maximum Gasteiger partial charge on any atom is 0.159 e. The minimum Gasteiger partial charge on any atom is -0.378 e. The largest absolute Gasteiger partial charge is 0.378 e. The van der Waals surface area contributed by atoms with Crippen molar-refractivity contribution in [1.29, 1.82) is 0 Å². The molecule has 5 heteroatoms. The van der Waals surface area contributed by atoms with Crippen LogP contribution in [0.3, 0.4) is 0 Å². The molecule has 0 fully saturated rings. The summed E-state index contributed by atoms with van der Waals surface area (Å²) in [7, 11) is 1.67. The van der Waals surface area contributed by atoms with Gasteiger partial charge < -0.3 is 14.8 Å². The van der Waals surface area contributed by atoms with Gasteiger partial charge in [-0.25, -0.2) is 9.97 Å². The number of ether oxygens (including phenoxy) is 2. The summed E-state index contributed by atoms with van der Waals surface area (Å²) in [5, 5.41) is 3.29. The van der Waals surface area contributed by atoms with E-state index in [1.807, 2.05) is 13.0 Å². The Morgan fingerprint density at radius 3 is 2.63 bits per heavy atom. The topological polar surface area (TPSA) is 56.3 Å². The van der Waals surface area contributed by atoms with E-state index in [1.165, 1.54) is 0 Å². The van der Waals surface area contributed by atoms with E-state index in [1.54, 1.807) is 7.11 Å². The third-order valence-electron chi connectivity index (χ3n) is 2.67. The van der Waals surface area contributed by atoms with Crippen molar-refractivity contribution in [3.05, 3.63) is 17.6 Å². The van der Waals surface area contributed by atoms with Gasteiger partial charge in [0.2, 0.25) is 0 Å². The first-order chi connectivity index (χ1) is 9.24. The van der Waals surface area contributed by atoms with Gasteiger partial charge in [-0.2, -0.15) is 0 Å². The third kappa shape index (κ3) is 5.12. The normalized spacial score (nSPS) is 12.4. The Hall–Kier alpha value is -1.20. The average molecular weight is 267 g/mol. The SMILES string of the molecule is CCCNc1cc(COC)nc(C(CC)OCC)n1. The number of rotatable bonds is 9. The molecule has 0 aliphatic heterocycles. The molecule has 1 unspecified atom stereocenters. The summed E-state index contributed by atoms with van der Waals surface area (Å²) in [5.74, 6) is 1.58. The molecule has 0 saturated carbocycles. The van der Waals surface area contributed by atoms with E-state index in [4.69, 9.17) is 9.47 Å². The second-order valence-corrected chi connectivity index (χ2v) is 4.31. The molecule has 1 atom stereocenters. The fraction of sp³-hybridized carbons (Fsp3) is 0.714. The molecule has 0 aromatic carbocycles. The maximum absolute atomic E-state index is 5.68. The van der Waals surface area contributed by atoms with Crippen LogP contribution in [0.2, 0.25) is 0 Å². The quantitative estimate of drug-likeness (QED) is 0.745. The Labute approximate surface area is 115 Å². The van der Waals surface area contributed by atoms with E-state index in [9.17, 15) is 0 Å². The molecule has 1 heterocycles. The van der Waals surface area contributed by atoms with Gasteiger partial charge in [-0.1, -0.05) is 13.8 Å². The Bertz CT molecular complexity index is 372. The Balaban J connectivity index is 2.96. The Morgan fingerprint density at radius 2 is 2.05 bits per heavy atom. The first-order valence-electron chi connectivity index (χ1n) is 6.97. The molecule has 1 N–H and O–H groups in total. The molecule has 108 valence electrons. The molecular weight excluding hydrogens is 242 g/mol. The summed E-state index contributed by atoms with van der Waals surface area (Å²) < 4.78 is 10.8. The van der Waals surface area contributed by atoms with Gasteiger partial charge in [0, 0.05) is 26.3 Å². The second-order valence-electron chi connectivity index (χ2n) is 4.31. The summed E-state index contributed by atoms with van der Waals surface area (Å²) >= 11 is 0. The minimum atomic E-state index is -0.0519. The summed E-state index contributed by atoms with van der Waals surface area (Å²) in [4.78, 5) is 9.06. The van der Waals surface area contributed by atoms with Crippen LogP contribution in [0.15, 0.2) is 6.07 Å². The smallest absolute Gasteiger partial charge is 0.159 e. The Morgan fingerprint density at radius 1 is 1.26 bits per heavy atom. The Kier molecular flexibility index (Phi) is 7.36. The van der Waals surface area contributed by atoms with E-state index < -0.39 is 0 Å². The van der Waals surface area contributed by atoms with Crippen molar-refractivity contribution in [1.82, 2.24) is 9.97 Å². The van der Waals surface area contributed by atoms with Crippen molar-refractivity contribution >= 4 is 5.82 Å². The number of aromatic nitrogens is 2. The molecule has 0 radical (unpaired) electrons. The lowest BCUT2D eigenvalue weighted by Gasteiger charge is -2.16. The van der Waals surface area contributed by atoms with Gasteiger partial charge in [0.25, 0.3) is 0 Å². The number of nitrogens with one attached hydrogen (secondary N) is 1. The van der Waals surface area contributed by atoms with Gasteiger partial charge in [-0.15, -0.1) is 0 Å². The lowest BCUT2D eigenvalue weighted by Crippen LogP contribution is -2.12. The number of hydrogen-bond acceptors (Lipinski definition) is 5. The van der Waals surface area contributed by atoms with Gasteiger partial charge >= 0.3 is 0 Å². The zero-order valence-corrected chi connectivity index (χ0v) is 12.4. The zero-order valence-electron chi connectivity index (χ0n) is 12.4. The molecule has 0 spiro atoms. The van der Waals surface area contributed by atoms with Crippen molar-refractivity contribution in [2.24, 2.45) is 0 Å². The standard InChI is InChI=1S/C14H25N3O2/c1-5-8-15-13-9-11(10-18-4)16-14(17-13)12(6-2)19-7-3/h9,12H,5-8,10H2,1-4H3,(H,15,16,17). The maximum atomic E-state index is 5.68. The van der Waals surface area contributed by atoms with E-state index in [0.717, 1.165) is 36.7 Å². The van der Waals surface area contributed by atoms with Crippen molar-refractivity contribution in [3.63, 3.8) is 0 Å². The van der Waals surface area contributed by atoms with Crippen LogP contribution < -0.4 is 5.32 Å². The zero-order chi connectivity index (χ0) is 14.1. The lowest BCUT2D eigenvalue weighted by molar-refractivity contribution is 0.0530. The van der Waals surface area contributed by atoms with Gasteiger partial charge in [-0.05, 0) is 19.8 Å². The average Bonchev–Trinajstić information content (AvgIpc) is 2.42. The minimum absolute atomic E-state index is 0.0519. The molecule has 0 amide bonds. The van der Waals surface area contributed by atoms with Gasteiger partial charge in [0.05, 0.1) is 12.3 Å². The molecule has 1 aromatic rings. The van der Waals surface area contributed by atoms with Crippen LogP contribution in [0.1, 0.15) is 51.2 Å². The van der Waals surface area contributed by atoms with Gasteiger partial charge in [-0.3, -0.25) is 0 Å². The molecular formula is C14H25N3O2. The second kappa shape index (κ2) is 8.82. The molecule has 5 nitrogen and oxygen atoms in total. The monoisotopic (exact) mass is 267 g/mol. The van der Waals surface area contributed by atoms with Crippen LogP contribution in [0, 0.1) is 0 Å². The predicted molar refractivity (Wildman–Crippen MR) is 76.2 cm³/mol. The summed E-state index contributed by atoms with van der Waals surface area (Å²) in [6.45, 7) is 8.23. The van der Waals surface area contributed by atoms with E-state index in [-0.39, 0.29) is 6.10 Å². The highest BCUT2D eigenvalue weighted by molar-refractivity contribution is 5.36. The van der Waals surface area contributed by atoms with Crippen molar-refractivity contribution in [3.8, 4) is 0 Å². The van der Waals surface area contributed by atoms with Crippen LogP contribution in [0.25, 0.3) is 0 Å². The van der Waals surface area contributed by atoms with Crippen molar-refractivity contribution < 1.29 is 9.47 Å². The highest BCUT2D eigenvalue weighted by atomic mass is 16.5. The van der Waals surface area contributed by atoms with Gasteiger partial charge in [0.1, 0.15) is 11.9 Å². The van der Waals surface area contributed by atoms with Gasteiger partial charge in [0.15, 0.2) is 5.82 Å². The summed E-state index contributed by atoms with van der Waals surface area (Å²) in [5.41, 5.74) is 0.879. The first-order valence-corrected chi connectivity index (χ1v) is 6.97. The molecule has 19 heavy (non-hydrogen) atoms. The molecule has 0 aliphatic carbocycles. The van der Waals surface area contributed by atoms with Crippen molar-refractivity contribution in [2.45, 2.75) is 46.3 Å². The number of hydrogen-bond donors (Lipinski definition) is 1. The van der Waals surface area contributed by atoms with Crippen LogP contribution in [-0.4, -0.2) is 30.2 Å². The summed E-state index contributed by atoms with van der Waals surface area (Å²) in [6.07, 6.45) is 1.86. The predicted octanol–water partition coefficient (Wildman–Crippen LogP) is 2.93. The molecule has 0 aliphatic rings. The number of nitrogens with zero attached hydrogens (tertiary/aromatic N) is 2. The number of anilines is 1. The molecule has 1 aromatic heterocycles. The molecule has 0 bridgehead atoms. The fourth-order valence-electron chi connectivity index (χ4n) is 1.80. The van der Waals surface area contributed by atoms with E-state index >= 15 is 0 Å². The number of methoxy groups -OCH3 is 1. The molecule has 0 saturated heterocycles. The highest BCUT2D eigenvalue weighted by Gasteiger charge is 2.14. The molecule has 1 rings (SSSR count). The van der Waals surface area contributed by atoms with Crippen LogP contribution in [-0.2, 0) is 16.1 Å². The summed E-state index contributed by atoms with van der Waals surface area (Å²) in [6, 6.07) is 1.93. The highest BCUT2D eigenvalue weighted by Crippen LogP contribution is 2.20. The fourth-order valence-corrected chi connectivity index (χ4v) is 1.80.